The number of nitrogens with zero attached hydrogens (tertiary/aromatic N) is 3. The van der Waals surface area contributed by atoms with E-state index >= 15 is 0 Å². The summed E-state index contributed by atoms with van der Waals surface area (Å²) in [6.45, 7) is 1.90. The number of aromatic hydroxyl groups is 1. The lowest BCUT2D eigenvalue weighted by atomic mass is 10.2. The van der Waals surface area contributed by atoms with Crippen molar-refractivity contribution < 1.29 is 14.6 Å². The maximum atomic E-state index is 12.8. The number of ether oxygens (including phenoxy) is 1. The van der Waals surface area contributed by atoms with Crippen LogP contribution in [-0.2, 0) is 18.9 Å². The van der Waals surface area contributed by atoms with Crippen molar-refractivity contribution in [2.24, 2.45) is 19.1 Å². The maximum Gasteiger partial charge on any atom is 0.333 e. The third-order valence-electron chi connectivity index (χ3n) is 4.77. The molecular weight excluding hydrogens is 444 g/mol. The molecule has 10 heteroatoms. The van der Waals surface area contributed by atoms with Gasteiger partial charge in [-0.15, -0.1) is 0 Å². The summed E-state index contributed by atoms with van der Waals surface area (Å²) in [7, 11) is 4.20. The Balaban J connectivity index is 1.97. The predicted octanol–water partition coefficient (Wildman–Crippen LogP) is 2.56. The van der Waals surface area contributed by atoms with E-state index in [0.717, 1.165) is 26.5 Å². The lowest BCUT2D eigenvalue weighted by Gasteiger charge is -2.13. The molecule has 0 radical (unpaired) electrons. The van der Waals surface area contributed by atoms with Crippen molar-refractivity contribution in [3.05, 3.63) is 80.5 Å². The number of aryl methyl sites for hydroxylation is 1. The number of carbonyl (C=O) groups excluding carboxylic acids is 1. The summed E-state index contributed by atoms with van der Waals surface area (Å²) in [5, 5.41) is 13.5. The summed E-state index contributed by atoms with van der Waals surface area (Å²) < 4.78 is 7.00. The smallest absolute Gasteiger partial charge is 0.333 e. The van der Waals surface area contributed by atoms with Crippen LogP contribution in [0.15, 0.2) is 63.1 Å². The van der Waals surface area contributed by atoms with Crippen molar-refractivity contribution >= 4 is 34.1 Å². The van der Waals surface area contributed by atoms with Crippen molar-refractivity contribution in [3.8, 4) is 11.6 Å². The van der Waals surface area contributed by atoms with E-state index in [4.69, 9.17) is 4.74 Å². The molecule has 172 valence electrons. The van der Waals surface area contributed by atoms with Crippen LogP contribution < -0.4 is 21.3 Å². The number of aromatic nitrogens is 2. The van der Waals surface area contributed by atoms with Gasteiger partial charge in [0.1, 0.15) is 16.4 Å². The van der Waals surface area contributed by atoms with Gasteiger partial charge in [0.25, 0.3) is 5.56 Å². The topological polar surface area (TPSA) is 115 Å². The van der Waals surface area contributed by atoms with E-state index in [1.165, 1.54) is 21.2 Å². The molecule has 0 atom stereocenters. The van der Waals surface area contributed by atoms with Gasteiger partial charge < -0.3 is 15.2 Å². The molecule has 0 saturated carbocycles. The number of benzene rings is 2. The molecule has 2 aromatic carbocycles. The monoisotopic (exact) mass is 468 g/mol. The number of rotatable bonds is 6. The Bertz CT molecular complexity index is 1340. The van der Waals surface area contributed by atoms with E-state index in [1.807, 2.05) is 19.1 Å². The van der Waals surface area contributed by atoms with Gasteiger partial charge in [-0.2, -0.15) is 0 Å². The maximum absolute atomic E-state index is 12.8. The zero-order valence-corrected chi connectivity index (χ0v) is 19.5. The van der Waals surface area contributed by atoms with Crippen molar-refractivity contribution in [1.82, 2.24) is 9.13 Å². The number of methoxy groups -OCH3 is 1. The standard InChI is InChI=1S/C23H24N4O5S/c1-14-7-5-8-15(11-14)25-20(19-21(29)26(2)23(31)27(3)22(19)30)33-13-18(28)24-16-9-6-10-17(12-16)32-4/h5-12,29H,13H2,1-4H3,(H,24,28). The third-order valence-corrected chi connectivity index (χ3v) is 5.75. The second kappa shape index (κ2) is 10.2. The van der Waals surface area contributed by atoms with E-state index in [1.54, 1.807) is 36.4 Å². The molecule has 3 aromatic rings. The molecule has 0 fully saturated rings. The lowest BCUT2D eigenvalue weighted by Crippen LogP contribution is -2.39. The molecule has 0 bridgehead atoms. The number of nitrogens with one attached hydrogen (secondary N) is 1. The predicted molar refractivity (Wildman–Crippen MR) is 130 cm³/mol. The lowest BCUT2D eigenvalue weighted by molar-refractivity contribution is -0.113. The van der Waals surface area contributed by atoms with Crippen LogP contribution in [0.25, 0.3) is 0 Å². The normalized spacial score (nSPS) is 11.3. The van der Waals surface area contributed by atoms with Gasteiger partial charge >= 0.3 is 5.69 Å². The van der Waals surface area contributed by atoms with Gasteiger partial charge in [-0.3, -0.25) is 18.7 Å². The van der Waals surface area contributed by atoms with Crippen LogP contribution in [0.3, 0.4) is 0 Å². The Morgan fingerprint density at radius 3 is 2.55 bits per heavy atom. The highest BCUT2D eigenvalue weighted by Crippen LogP contribution is 2.24. The minimum absolute atomic E-state index is 0.0900. The van der Waals surface area contributed by atoms with E-state index in [-0.39, 0.29) is 22.3 Å². The van der Waals surface area contributed by atoms with Gasteiger partial charge in [0.2, 0.25) is 11.8 Å². The number of amides is 1. The molecule has 0 aliphatic carbocycles. The Morgan fingerprint density at radius 1 is 1.12 bits per heavy atom. The zero-order chi connectivity index (χ0) is 24.1. The van der Waals surface area contributed by atoms with Crippen LogP contribution >= 0.6 is 11.8 Å². The average molecular weight is 469 g/mol. The molecule has 1 amide bonds. The average Bonchev–Trinajstić information content (AvgIpc) is 2.80. The van der Waals surface area contributed by atoms with Gasteiger partial charge in [-0.1, -0.05) is 30.0 Å². The molecule has 2 N–H and O–H groups in total. The Labute approximate surface area is 194 Å². The quantitative estimate of drug-likeness (QED) is 0.424. The van der Waals surface area contributed by atoms with Gasteiger partial charge in [0.15, 0.2) is 0 Å². The molecule has 9 nitrogen and oxygen atoms in total. The van der Waals surface area contributed by atoms with Crippen LogP contribution in [-0.4, -0.2) is 38.1 Å². The summed E-state index contributed by atoms with van der Waals surface area (Å²) in [4.78, 5) is 42.1. The number of aliphatic imine (C=N–C) groups is 1. The summed E-state index contributed by atoms with van der Waals surface area (Å²) in [5.74, 6) is -0.352. The summed E-state index contributed by atoms with van der Waals surface area (Å²) in [6, 6.07) is 14.2. The van der Waals surface area contributed by atoms with E-state index in [0.29, 0.717) is 17.1 Å². The molecule has 3 rings (SSSR count). The van der Waals surface area contributed by atoms with Crippen LogP contribution in [0.2, 0.25) is 0 Å². The summed E-state index contributed by atoms with van der Waals surface area (Å²) in [5.41, 5.74) is 0.521. The molecule has 0 unspecified atom stereocenters. The number of hydrogen-bond donors (Lipinski definition) is 2. The first-order chi connectivity index (χ1) is 15.7. The van der Waals surface area contributed by atoms with Gasteiger partial charge in [0.05, 0.1) is 18.6 Å². The highest BCUT2D eigenvalue weighted by atomic mass is 32.2. The zero-order valence-electron chi connectivity index (χ0n) is 18.7. The second-order valence-electron chi connectivity index (χ2n) is 7.23. The van der Waals surface area contributed by atoms with Gasteiger partial charge in [-0.25, -0.2) is 9.79 Å². The van der Waals surface area contributed by atoms with Gasteiger partial charge in [0, 0.05) is 25.8 Å². The summed E-state index contributed by atoms with van der Waals surface area (Å²) in [6.07, 6.45) is 0. The largest absolute Gasteiger partial charge is 0.497 e. The van der Waals surface area contributed by atoms with E-state index in [9.17, 15) is 19.5 Å². The van der Waals surface area contributed by atoms with E-state index in [2.05, 4.69) is 10.3 Å². The molecule has 0 aliphatic heterocycles. The minimum Gasteiger partial charge on any atom is -0.497 e. The van der Waals surface area contributed by atoms with Crippen molar-refractivity contribution in [3.63, 3.8) is 0 Å². The van der Waals surface area contributed by atoms with Crippen LogP contribution in [0.5, 0.6) is 11.6 Å². The minimum atomic E-state index is -0.706. The van der Waals surface area contributed by atoms with Crippen LogP contribution in [0.1, 0.15) is 11.1 Å². The van der Waals surface area contributed by atoms with Crippen molar-refractivity contribution in [1.29, 1.82) is 0 Å². The molecule has 0 spiro atoms. The molecule has 0 aliphatic rings. The molecule has 1 heterocycles. The third kappa shape index (κ3) is 5.53. The van der Waals surface area contributed by atoms with Crippen molar-refractivity contribution in [2.45, 2.75) is 6.92 Å². The SMILES string of the molecule is COc1cccc(NC(=O)CSC(=Nc2cccc(C)c2)c2c(O)n(C)c(=O)n(C)c2=O)c1. The number of carbonyl (C=O) groups is 1. The fourth-order valence-electron chi connectivity index (χ4n) is 3.03. The number of hydrogen-bond acceptors (Lipinski definition) is 7. The summed E-state index contributed by atoms with van der Waals surface area (Å²) >= 11 is 0.982. The van der Waals surface area contributed by atoms with E-state index < -0.39 is 17.1 Å². The fraction of sp³-hybridized carbons (Fsp3) is 0.217. The van der Waals surface area contributed by atoms with Gasteiger partial charge in [-0.05, 0) is 36.8 Å². The highest BCUT2D eigenvalue weighted by Gasteiger charge is 2.22. The second-order valence-corrected chi connectivity index (χ2v) is 8.19. The highest BCUT2D eigenvalue weighted by molar-refractivity contribution is 8.15. The Hall–Kier alpha value is -3.79. The first-order valence-electron chi connectivity index (χ1n) is 9.92. The molecule has 1 aromatic heterocycles. The Kier molecular flexibility index (Phi) is 7.39. The molecule has 0 saturated heterocycles. The number of thioether (sulfide) groups is 1. The molecular formula is C23H24N4O5S. The van der Waals surface area contributed by atoms with Crippen molar-refractivity contribution in [2.75, 3.05) is 18.2 Å². The first-order valence-corrected chi connectivity index (χ1v) is 10.9. The number of anilines is 1. The fourth-order valence-corrected chi connectivity index (χ4v) is 3.86. The Morgan fingerprint density at radius 2 is 1.85 bits per heavy atom. The van der Waals surface area contributed by atoms with Crippen LogP contribution in [0.4, 0.5) is 11.4 Å². The molecule has 33 heavy (non-hydrogen) atoms. The van der Waals surface area contributed by atoms with Crippen LogP contribution in [0, 0.1) is 6.92 Å². The first kappa shape index (κ1) is 23.9.